The van der Waals surface area contributed by atoms with Gasteiger partial charge in [-0.1, -0.05) is 12.5 Å². The van der Waals surface area contributed by atoms with E-state index in [4.69, 9.17) is 0 Å². The lowest BCUT2D eigenvalue weighted by Gasteiger charge is -2.46. The van der Waals surface area contributed by atoms with Gasteiger partial charge in [-0.25, -0.2) is 9.18 Å². The minimum absolute atomic E-state index is 0.0734. The van der Waals surface area contributed by atoms with Crippen LogP contribution in [-0.4, -0.2) is 53.5 Å². The number of urea groups is 1. The largest absolute Gasteiger partial charge is 0.416 e. The molecular weight excluding hydrogens is 527 g/mol. The monoisotopic (exact) mass is 559 g/mol. The first-order valence-electron chi connectivity index (χ1n) is 13.0. The highest BCUT2D eigenvalue weighted by molar-refractivity contribution is 5.75. The van der Waals surface area contributed by atoms with E-state index < -0.39 is 47.9 Å². The normalized spacial score (nSPS) is 21.2. The lowest BCUT2D eigenvalue weighted by atomic mass is 9.88. The summed E-state index contributed by atoms with van der Waals surface area (Å²) in [5.74, 6) is -0.403. The van der Waals surface area contributed by atoms with Gasteiger partial charge in [-0.3, -0.25) is 0 Å². The first-order chi connectivity index (χ1) is 18.2. The van der Waals surface area contributed by atoms with Gasteiger partial charge < -0.3 is 14.7 Å². The van der Waals surface area contributed by atoms with Gasteiger partial charge in [0.25, 0.3) is 0 Å². The van der Waals surface area contributed by atoms with E-state index in [9.17, 15) is 35.5 Å². The Hall–Kier alpha value is -2.82. The molecule has 0 bridgehead atoms. The van der Waals surface area contributed by atoms with Crippen molar-refractivity contribution in [3.05, 3.63) is 70.0 Å². The van der Waals surface area contributed by atoms with Crippen LogP contribution in [0.2, 0.25) is 0 Å². The number of hydrogen-bond donors (Lipinski definition) is 0. The average molecular weight is 560 g/mol. The lowest BCUT2D eigenvalue weighted by Crippen LogP contribution is -2.52. The van der Waals surface area contributed by atoms with Crippen LogP contribution in [0.3, 0.4) is 0 Å². The van der Waals surface area contributed by atoms with E-state index in [1.807, 2.05) is 0 Å². The molecule has 0 unspecified atom stereocenters. The van der Waals surface area contributed by atoms with E-state index in [1.165, 1.54) is 25.6 Å². The number of carbonyl (C=O) groups excluding carboxylic acids is 1. The van der Waals surface area contributed by atoms with Crippen molar-refractivity contribution in [3.63, 3.8) is 0 Å². The van der Waals surface area contributed by atoms with Crippen LogP contribution < -0.4 is 0 Å². The number of nitrogens with zero attached hydrogens (tertiary/aromatic N) is 3. The molecule has 2 aromatic carbocycles. The van der Waals surface area contributed by atoms with Crippen LogP contribution in [0.15, 0.2) is 36.4 Å². The predicted molar refractivity (Wildman–Crippen MR) is 132 cm³/mol. The van der Waals surface area contributed by atoms with Gasteiger partial charge in [0.1, 0.15) is 5.82 Å². The first kappa shape index (κ1) is 29.2. The SMILES string of the molecule is Cc1cc(F)ccc1[C@H]1C[C@@H](N2CCCCC2)CCN1C(=O)N(C)Cc1cc(C(F)(F)F)cc(C(F)(F)F)c1. The summed E-state index contributed by atoms with van der Waals surface area (Å²) in [5.41, 5.74) is -1.66. The number of carbonyl (C=O) groups is 1. The van der Waals surface area contributed by atoms with Crippen LogP contribution in [0.4, 0.5) is 35.5 Å². The number of rotatable bonds is 4. The third-order valence-electron chi connectivity index (χ3n) is 7.71. The molecule has 2 saturated heterocycles. The molecule has 2 aliphatic rings. The smallest absolute Gasteiger partial charge is 0.323 e. The summed E-state index contributed by atoms with van der Waals surface area (Å²) >= 11 is 0. The van der Waals surface area contributed by atoms with Gasteiger partial charge in [-0.2, -0.15) is 26.3 Å². The molecule has 2 amide bonds. The fourth-order valence-electron chi connectivity index (χ4n) is 5.77. The highest BCUT2D eigenvalue weighted by Gasteiger charge is 2.39. The summed E-state index contributed by atoms with van der Waals surface area (Å²) in [6, 6.07) is 5.04. The molecular formula is C28H32F7N3O. The Bertz CT molecular complexity index is 1140. The van der Waals surface area contributed by atoms with Crippen molar-refractivity contribution in [3.8, 4) is 0 Å². The van der Waals surface area contributed by atoms with Crippen molar-refractivity contribution in [2.45, 2.75) is 70.0 Å². The fraction of sp³-hybridized carbons (Fsp3) is 0.536. The molecule has 11 heteroatoms. The van der Waals surface area contributed by atoms with Gasteiger partial charge >= 0.3 is 18.4 Å². The molecule has 0 saturated carbocycles. The lowest BCUT2D eigenvalue weighted by molar-refractivity contribution is -0.143. The van der Waals surface area contributed by atoms with Gasteiger partial charge in [0.15, 0.2) is 0 Å². The molecule has 0 aromatic heterocycles. The van der Waals surface area contributed by atoms with E-state index in [0.29, 0.717) is 37.1 Å². The Morgan fingerprint density at radius 2 is 1.54 bits per heavy atom. The minimum Gasteiger partial charge on any atom is -0.323 e. The van der Waals surface area contributed by atoms with E-state index in [1.54, 1.807) is 17.9 Å². The van der Waals surface area contributed by atoms with Crippen LogP contribution in [0.5, 0.6) is 0 Å². The molecule has 0 radical (unpaired) electrons. The molecule has 0 N–H and O–H groups in total. The number of alkyl halides is 6. The van der Waals surface area contributed by atoms with Crippen molar-refractivity contribution in [1.29, 1.82) is 0 Å². The maximum absolute atomic E-state index is 13.9. The van der Waals surface area contributed by atoms with Crippen molar-refractivity contribution in [2.24, 2.45) is 0 Å². The van der Waals surface area contributed by atoms with Crippen molar-refractivity contribution in [1.82, 2.24) is 14.7 Å². The van der Waals surface area contributed by atoms with Crippen molar-refractivity contribution >= 4 is 6.03 Å². The number of hydrogen-bond acceptors (Lipinski definition) is 2. The predicted octanol–water partition coefficient (Wildman–Crippen LogP) is 7.42. The van der Waals surface area contributed by atoms with Crippen LogP contribution in [-0.2, 0) is 18.9 Å². The maximum atomic E-state index is 13.9. The summed E-state index contributed by atoms with van der Waals surface area (Å²) in [6.45, 7) is 3.61. The molecule has 0 spiro atoms. The third-order valence-corrected chi connectivity index (χ3v) is 7.71. The van der Waals surface area contributed by atoms with Crippen molar-refractivity contribution in [2.75, 3.05) is 26.7 Å². The van der Waals surface area contributed by atoms with Crippen LogP contribution in [0.25, 0.3) is 0 Å². The second-order valence-corrected chi connectivity index (χ2v) is 10.5. The zero-order valence-electron chi connectivity index (χ0n) is 21.9. The molecule has 4 nitrogen and oxygen atoms in total. The number of likely N-dealkylation sites (tertiary alicyclic amines) is 2. The summed E-state index contributed by atoms with van der Waals surface area (Å²) in [7, 11) is 1.36. The van der Waals surface area contributed by atoms with E-state index >= 15 is 0 Å². The Kier molecular flexibility index (Phi) is 8.49. The van der Waals surface area contributed by atoms with Gasteiger partial charge in [0.05, 0.1) is 17.2 Å². The summed E-state index contributed by atoms with van der Waals surface area (Å²) < 4.78 is 93.9. The molecule has 2 heterocycles. The quantitative estimate of drug-likeness (QED) is 0.365. The van der Waals surface area contributed by atoms with Gasteiger partial charge in [0.2, 0.25) is 0 Å². The zero-order chi connectivity index (χ0) is 28.5. The van der Waals surface area contributed by atoms with Crippen LogP contribution in [0.1, 0.15) is 66.0 Å². The number of piperidine rings is 2. The fourth-order valence-corrected chi connectivity index (χ4v) is 5.77. The highest BCUT2D eigenvalue weighted by atomic mass is 19.4. The standard InChI is InChI=1S/C28H32F7N3O/c1-18-12-22(29)6-7-24(18)25-16-23(37-9-4-3-5-10-37)8-11-38(25)26(39)36(2)17-19-13-20(27(30,31)32)15-21(14-19)28(33,34)35/h6-7,12-15,23,25H,3-5,8-11,16-17H2,1-2H3/t23-,25+/m0/s1. The summed E-state index contributed by atoms with van der Waals surface area (Å²) in [5, 5.41) is 0. The van der Waals surface area contributed by atoms with Crippen molar-refractivity contribution < 1.29 is 35.5 Å². The molecule has 4 rings (SSSR count). The Morgan fingerprint density at radius 3 is 2.10 bits per heavy atom. The average Bonchev–Trinajstić information content (AvgIpc) is 2.87. The van der Waals surface area contributed by atoms with Crippen LogP contribution >= 0.6 is 0 Å². The Morgan fingerprint density at radius 1 is 0.923 bits per heavy atom. The maximum Gasteiger partial charge on any atom is 0.416 e. The Balaban J connectivity index is 1.60. The second kappa shape index (κ2) is 11.3. The third kappa shape index (κ3) is 6.85. The van der Waals surface area contributed by atoms with E-state index in [0.717, 1.165) is 36.4 Å². The second-order valence-electron chi connectivity index (χ2n) is 10.5. The molecule has 2 fully saturated rings. The van der Waals surface area contributed by atoms with Gasteiger partial charge in [-0.05, 0) is 92.7 Å². The molecule has 39 heavy (non-hydrogen) atoms. The van der Waals surface area contributed by atoms with Gasteiger partial charge in [-0.15, -0.1) is 0 Å². The van der Waals surface area contributed by atoms with Gasteiger partial charge in [0, 0.05) is 26.2 Å². The molecule has 2 aliphatic heterocycles. The molecule has 214 valence electrons. The highest BCUT2D eigenvalue weighted by Crippen LogP contribution is 2.38. The van der Waals surface area contributed by atoms with Crippen LogP contribution in [0, 0.1) is 12.7 Å². The minimum atomic E-state index is -4.97. The summed E-state index contributed by atoms with van der Waals surface area (Å²) in [4.78, 5) is 18.8. The molecule has 2 atom stereocenters. The number of benzene rings is 2. The van der Waals surface area contributed by atoms with E-state index in [2.05, 4.69) is 4.90 Å². The summed E-state index contributed by atoms with van der Waals surface area (Å²) in [6.07, 6.45) is -5.28. The number of halogens is 7. The zero-order valence-corrected chi connectivity index (χ0v) is 21.9. The first-order valence-corrected chi connectivity index (χ1v) is 13.0. The topological polar surface area (TPSA) is 26.8 Å². The number of aryl methyl sites for hydroxylation is 1. The van der Waals surface area contributed by atoms with E-state index in [-0.39, 0.29) is 17.7 Å². The molecule has 2 aromatic rings. The Labute approximate surface area is 223 Å². The number of amides is 2. The molecule has 0 aliphatic carbocycles.